The van der Waals surface area contributed by atoms with Gasteiger partial charge in [-0.3, -0.25) is 9.59 Å². The third-order valence-corrected chi connectivity index (χ3v) is 7.27. The maximum Gasteiger partial charge on any atom is 0.243 e. The number of nitrogens with one attached hydrogen (secondary N) is 1. The maximum absolute atomic E-state index is 13.7. The lowest BCUT2D eigenvalue weighted by Crippen LogP contribution is -2.51. The van der Waals surface area contributed by atoms with Gasteiger partial charge in [-0.05, 0) is 47.6 Å². The lowest BCUT2D eigenvalue weighted by atomic mass is 10.0. The number of carbonyl (C=O) groups excluding carboxylic acids is 2. The Morgan fingerprint density at radius 1 is 0.833 bits per heavy atom. The van der Waals surface area contributed by atoms with E-state index in [4.69, 9.17) is 0 Å². The smallest absolute Gasteiger partial charge is 0.243 e. The van der Waals surface area contributed by atoms with Crippen LogP contribution in [0.4, 0.5) is 0 Å². The monoisotopic (exact) mass is 502 g/mol. The molecule has 0 heterocycles. The van der Waals surface area contributed by atoms with E-state index in [2.05, 4.69) is 51.2 Å². The van der Waals surface area contributed by atoms with Crippen molar-refractivity contribution in [3.8, 4) is 0 Å². The number of carbonyl (C=O) groups is 2. The second-order valence-corrected chi connectivity index (χ2v) is 10.7. The fourth-order valence-electron chi connectivity index (χ4n) is 4.05. The average molecular weight is 503 g/mol. The van der Waals surface area contributed by atoms with Crippen molar-refractivity contribution in [1.82, 2.24) is 10.2 Å². The molecular formula is C31H38N2O2S. The van der Waals surface area contributed by atoms with Crippen LogP contribution in [0, 0.1) is 19.8 Å². The molecule has 0 saturated carbocycles. The summed E-state index contributed by atoms with van der Waals surface area (Å²) in [6.07, 6.45) is 0.477. The molecule has 3 aromatic rings. The molecule has 0 radical (unpaired) electrons. The van der Waals surface area contributed by atoms with Gasteiger partial charge >= 0.3 is 0 Å². The van der Waals surface area contributed by atoms with E-state index in [1.807, 2.05) is 60.7 Å². The summed E-state index contributed by atoms with van der Waals surface area (Å²) in [5.41, 5.74) is 5.67. The molecule has 36 heavy (non-hydrogen) atoms. The summed E-state index contributed by atoms with van der Waals surface area (Å²) < 4.78 is 0. The van der Waals surface area contributed by atoms with Crippen LogP contribution in [-0.2, 0) is 28.3 Å². The van der Waals surface area contributed by atoms with Crippen LogP contribution in [0.2, 0.25) is 0 Å². The number of rotatable bonds is 12. The zero-order valence-corrected chi connectivity index (χ0v) is 22.7. The SMILES string of the molecule is Cc1ccccc1CSCC(=O)N(Cc1ccccc1C)C(Cc1ccccc1)C(=O)NCC(C)C. The molecule has 2 amide bonds. The van der Waals surface area contributed by atoms with E-state index in [1.165, 1.54) is 11.1 Å². The van der Waals surface area contributed by atoms with E-state index >= 15 is 0 Å². The molecule has 0 aliphatic heterocycles. The van der Waals surface area contributed by atoms with Crippen molar-refractivity contribution in [2.45, 2.75) is 52.5 Å². The summed E-state index contributed by atoms with van der Waals surface area (Å²) in [6, 6.07) is 25.7. The third kappa shape index (κ3) is 8.27. The van der Waals surface area contributed by atoms with Gasteiger partial charge in [-0.15, -0.1) is 11.8 Å². The lowest BCUT2D eigenvalue weighted by molar-refractivity contribution is -0.139. The molecule has 0 bridgehead atoms. The number of benzene rings is 3. The van der Waals surface area contributed by atoms with Crippen LogP contribution in [0.3, 0.4) is 0 Å². The lowest BCUT2D eigenvalue weighted by Gasteiger charge is -2.32. The highest BCUT2D eigenvalue weighted by molar-refractivity contribution is 7.99. The van der Waals surface area contributed by atoms with Crippen LogP contribution in [-0.4, -0.2) is 35.1 Å². The Bertz CT molecular complexity index is 1130. The Hall–Kier alpha value is -3.05. The van der Waals surface area contributed by atoms with Gasteiger partial charge in [-0.2, -0.15) is 0 Å². The number of amides is 2. The molecule has 190 valence electrons. The molecular weight excluding hydrogens is 464 g/mol. The molecule has 5 heteroatoms. The van der Waals surface area contributed by atoms with Gasteiger partial charge in [0.1, 0.15) is 6.04 Å². The Balaban J connectivity index is 1.86. The first-order valence-electron chi connectivity index (χ1n) is 12.6. The average Bonchev–Trinajstić information content (AvgIpc) is 2.87. The van der Waals surface area contributed by atoms with Crippen LogP contribution < -0.4 is 5.32 Å². The highest BCUT2D eigenvalue weighted by Gasteiger charge is 2.30. The van der Waals surface area contributed by atoms with Crippen molar-refractivity contribution in [3.05, 3.63) is 107 Å². The van der Waals surface area contributed by atoms with Crippen LogP contribution in [0.15, 0.2) is 78.9 Å². The summed E-state index contributed by atoms with van der Waals surface area (Å²) in [5.74, 6) is 1.30. The van der Waals surface area contributed by atoms with Gasteiger partial charge in [0.25, 0.3) is 0 Å². The molecule has 0 aliphatic rings. The van der Waals surface area contributed by atoms with Crippen LogP contribution in [0.25, 0.3) is 0 Å². The van der Waals surface area contributed by atoms with Crippen molar-refractivity contribution in [2.24, 2.45) is 5.92 Å². The maximum atomic E-state index is 13.7. The van der Waals surface area contributed by atoms with Gasteiger partial charge in [0.15, 0.2) is 0 Å². The molecule has 0 aliphatic carbocycles. The van der Waals surface area contributed by atoms with Crippen LogP contribution in [0.5, 0.6) is 0 Å². The summed E-state index contributed by atoms with van der Waals surface area (Å²) in [7, 11) is 0. The molecule has 0 fully saturated rings. The van der Waals surface area contributed by atoms with Gasteiger partial charge < -0.3 is 10.2 Å². The predicted molar refractivity (Wildman–Crippen MR) is 151 cm³/mol. The topological polar surface area (TPSA) is 49.4 Å². The Morgan fingerprint density at radius 2 is 1.42 bits per heavy atom. The largest absolute Gasteiger partial charge is 0.354 e. The Labute approximate surface area is 220 Å². The van der Waals surface area contributed by atoms with Gasteiger partial charge in [0.05, 0.1) is 5.75 Å². The van der Waals surface area contributed by atoms with E-state index in [1.54, 1.807) is 16.7 Å². The molecule has 1 unspecified atom stereocenters. The molecule has 1 atom stereocenters. The second-order valence-electron chi connectivity index (χ2n) is 9.71. The van der Waals surface area contributed by atoms with Gasteiger partial charge in [0, 0.05) is 25.3 Å². The first kappa shape index (κ1) is 27.5. The second kappa shape index (κ2) is 13.9. The van der Waals surface area contributed by atoms with Crippen molar-refractivity contribution in [1.29, 1.82) is 0 Å². The fraction of sp³-hybridized carbons (Fsp3) is 0.355. The summed E-state index contributed by atoms with van der Waals surface area (Å²) in [6.45, 7) is 9.28. The standard InChI is InChI=1S/C31H38N2O2S/c1-23(2)19-32-31(35)29(18-26-14-6-5-7-15-26)33(20-27-16-10-8-12-24(27)3)30(34)22-36-21-28-17-11-9-13-25(28)4/h5-17,23,29H,18-22H2,1-4H3,(H,32,35). The van der Waals surface area contributed by atoms with E-state index in [9.17, 15) is 9.59 Å². The van der Waals surface area contributed by atoms with Gasteiger partial charge in [-0.25, -0.2) is 0 Å². The molecule has 3 aromatic carbocycles. The van der Waals surface area contributed by atoms with Crippen molar-refractivity contribution < 1.29 is 9.59 Å². The molecule has 4 nitrogen and oxygen atoms in total. The van der Waals surface area contributed by atoms with Gasteiger partial charge in [-0.1, -0.05) is 92.7 Å². The predicted octanol–water partition coefficient (Wildman–Crippen LogP) is 5.95. The number of thioether (sulfide) groups is 1. The Kier molecular flexibility index (Phi) is 10.6. The van der Waals surface area contributed by atoms with E-state index in [-0.39, 0.29) is 11.8 Å². The normalized spacial score (nSPS) is 11.8. The fourth-order valence-corrected chi connectivity index (χ4v) is 5.04. The minimum Gasteiger partial charge on any atom is -0.354 e. The third-order valence-electron chi connectivity index (χ3n) is 6.30. The zero-order chi connectivity index (χ0) is 25.9. The van der Waals surface area contributed by atoms with Crippen LogP contribution in [0.1, 0.15) is 41.7 Å². The van der Waals surface area contributed by atoms with Crippen molar-refractivity contribution in [3.63, 3.8) is 0 Å². The first-order chi connectivity index (χ1) is 17.3. The molecule has 0 saturated heterocycles. The minimum absolute atomic E-state index is 0.0162. The summed E-state index contributed by atoms with van der Waals surface area (Å²) >= 11 is 1.60. The number of hydrogen-bond acceptors (Lipinski definition) is 3. The summed E-state index contributed by atoms with van der Waals surface area (Å²) in [5, 5.41) is 3.09. The highest BCUT2D eigenvalue weighted by Crippen LogP contribution is 2.21. The van der Waals surface area contributed by atoms with Crippen molar-refractivity contribution in [2.75, 3.05) is 12.3 Å². The van der Waals surface area contributed by atoms with E-state index < -0.39 is 6.04 Å². The molecule has 0 spiro atoms. The number of aryl methyl sites for hydroxylation is 2. The van der Waals surface area contributed by atoms with Gasteiger partial charge in [0.2, 0.25) is 11.8 Å². The van der Waals surface area contributed by atoms with E-state index in [0.29, 0.717) is 31.2 Å². The molecule has 0 aromatic heterocycles. The van der Waals surface area contributed by atoms with Crippen molar-refractivity contribution >= 4 is 23.6 Å². The highest BCUT2D eigenvalue weighted by atomic mass is 32.2. The quantitative estimate of drug-likeness (QED) is 0.333. The number of nitrogens with zero attached hydrogens (tertiary/aromatic N) is 1. The molecule has 3 rings (SSSR count). The molecule has 1 N–H and O–H groups in total. The summed E-state index contributed by atoms with van der Waals surface area (Å²) in [4.78, 5) is 29.0. The number of hydrogen-bond donors (Lipinski definition) is 1. The Morgan fingerprint density at radius 3 is 2.03 bits per heavy atom. The zero-order valence-electron chi connectivity index (χ0n) is 21.9. The van der Waals surface area contributed by atoms with Crippen LogP contribution >= 0.6 is 11.8 Å². The first-order valence-corrected chi connectivity index (χ1v) is 13.8. The van der Waals surface area contributed by atoms with E-state index in [0.717, 1.165) is 22.4 Å². The minimum atomic E-state index is -0.586.